The fourth-order valence-corrected chi connectivity index (χ4v) is 3.21. The Hall–Kier alpha value is -3.74. The molecule has 0 fully saturated rings. The predicted molar refractivity (Wildman–Crippen MR) is 101 cm³/mol. The van der Waals surface area contributed by atoms with E-state index in [0.29, 0.717) is 18.9 Å². The third kappa shape index (κ3) is 3.10. The number of hydrogen-bond acceptors (Lipinski definition) is 4. The van der Waals surface area contributed by atoms with Crippen LogP contribution in [0.4, 0.5) is 22.0 Å². The van der Waals surface area contributed by atoms with E-state index in [1.54, 1.807) is 35.4 Å². The Morgan fingerprint density at radius 3 is 2.52 bits per heavy atom. The summed E-state index contributed by atoms with van der Waals surface area (Å²) in [5.74, 6) is 0.432. The summed E-state index contributed by atoms with van der Waals surface area (Å²) in [4.78, 5) is 31.6. The van der Waals surface area contributed by atoms with E-state index in [9.17, 15) is 14.9 Å². The molecule has 0 radical (unpaired) electrons. The van der Waals surface area contributed by atoms with Crippen LogP contribution in [0.15, 0.2) is 72.9 Å². The van der Waals surface area contributed by atoms with Crippen molar-refractivity contribution in [3.05, 3.63) is 94.2 Å². The molecule has 1 aliphatic rings. The van der Waals surface area contributed by atoms with Gasteiger partial charge in [0.1, 0.15) is 11.5 Å². The standard InChI is InChI=1S/C20H16N4O3/c25-20-22(13-15-7-2-1-3-8-15)14-16-9-6-12-21-19(16)23(20)17-10-4-5-11-18(17)24(26)27/h1-12H,13-14H2. The lowest BCUT2D eigenvalue weighted by Gasteiger charge is -2.35. The molecular weight excluding hydrogens is 344 g/mol. The summed E-state index contributed by atoms with van der Waals surface area (Å²) >= 11 is 0. The number of carbonyl (C=O) groups is 1. The lowest BCUT2D eigenvalue weighted by molar-refractivity contribution is -0.384. The van der Waals surface area contributed by atoms with E-state index in [0.717, 1.165) is 11.1 Å². The van der Waals surface area contributed by atoms with Crippen molar-refractivity contribution in [1.29, 1.82) is 0 Å². The van der Waals surface area contributed by atoms with Gasteiger partial charge in [-0.2, -0.15) is 0 Å². The normalized spacial score (nSPS) is 13.4. The van der Waals surface area contributed by atoms with Crippen LogP contribution in [0.25, 0.3) is 0 Å². The number of aromatic nitrogens is 1. The first-order valence-corrected chi connectivity index (χ1v) is 8.45. The van der Waals surface area contributed by atoms with Crippen molar-refractivity contribution in [2.24, 2.45) is 0 Å². The zero-order valence-electron chi connectivity index (χ0n) is 14.4. The zero-order valence-corrected chi connectivity index (χ0v) is 14.4. The molecule has 1 aliphatic heterocycles. The van der Waals surface area contributed by atoms with Crippen LogP contribution in [0, 0.1) is 10.1 Å². The fraction of sp³-hybridized carbons (Fsp3) is 0.100. The minimum atomic E-state index is -0.485. The molecular formula is C20H16N4O3. The summed E-state index contributed by atoms with van der Waals surface area (Å²) in [6.07, 6.45) is 1.58. The number of carbonyl (C=O) groups excluding carboxylic acids is 1. The van der Waals surface area contributed by atoms with Gasteiger partial charge in [0.2, 0.25) is 0 Å². The van der Waals surface area contributed by atoms with Crippen LogP contribution in [0.2, 0.25) is 0 Å². The Morgan fingerprint density at radius 2 is 1.74 bits per heavy atom. The number of para-hydroxylation sites is 2. The molecule has 0 saturated carbocycles. The molecule has 2 aromatic carbocycles. The van der Waals surface area contributed by atoms with E-state index in [1.165, 1.54) is 11.0 Å². The average molecular weight is 360 g/mol. The summed E-state index contributed by atoms with van der Waals surface area (Å²) in [7, 11) is 0. The first kappa shape index (κ1) is 16.7. The Labute approximate surface area is 155 Å². The zero-order chi connectivity index (χ0) is 18.8. The van der Waals surface area contributed by atoms with Crippen LogP contribution in [0.1, 0.15) is 11.1 Å². The summed E-state index contributed by atoms with van der Waals surface area (Å²) in [6, 6.07) is 19.2. The first-order valence-electron chi connectivity index (χ1n) is 8.45. The van der Waals surface area contributed by atoms with Crippen LogP contribution in [0.5, 0.6) is 0 Å². The maximum absolute atomic E-state index is 13.3. The maximum Gasteiger partial charge on any atom is 0.331 e. The molecule has 0 spiro atoms. The number of nitro benzene ring substituents is 1. The van der Waals surface area contributed by atoms with Gasteiger partial charge >= 0.3 is 6.03 Å². The van der Waals surface area contributed by atoms with Crippen LogP contribution >= 0.6 is 0 Å². The van der Waals surface area contributed by atoms with Crippen LogP contribution in [0.3, 0.4) is 0 Å². The van der Waals surface area contributed by atoms with E-state index < -0.39 is 4.92 Å². The molecule has 3 aromatic rings. The van der Waals surface area contributed by atoms with Gasteiger partial charge in [0.05, 0.1) is 11.5 Å². The van der Waals surface area contributed by atoms with Crippen LogP contribution in [-0.4, -0.2) is 20.8 Å². The van der Waals surface area contributed by atoms with Gasteiger partial charge in [-0.3, -0.25) is 10.1 Å². The number of nitro groups is 1. The quantitative estimate of drug-likeness (QED) is 0.514. The van der Waals surface area contributed by atoms with Crippen molar-refractivity contribution >= 4 is 23.2 Å². The minimum absolute atomic E-state index is 0.135. The number of benzene rings is 2. The topological polar surface area (TPSA) is 79.6 Å². The van der Waals surface area contributed by atoms with Gasteiger partial charge in [0, 0.05) is 24.4 Å². The monoisotopic (exact) mass is 360 g/mol. The number of fused-ring (bicyclic) bond motifs is 1. The third-order valence-corrected chi connectivity index (χ3v) is 4.44. The number of hydrogen-bond donors (Lipinski definition) is 0. The number of rotatable bonds is 4. The van der Waals surface area contributed by atoms with Crippen LogP contribution in [-0.2, 0) is 13.1 Å². The Morgan fingerprint density at radius 1 is 1.00 bits per heavy atom. The van der Waals surface area contributed by atoms with E-state index in [4.69, 9.17) is 0 Å². The highest BCUT2D eigenvalue weighted by Crippen LogP contribution is 2.38. The largest absolute Gasteiger partial charge is 0.331 e. The highest BCUT2D eigenvalue weighted by molar-refractivity contribution is 6.02. The highest BCUT2D eigenvalue weighted by Gasteiger charge is 2.35. The third-order valence-electron chi connectivity index (χ3n) is 4.44. The second kappa shape index (κ2) is 6.87. The van der Waals surface area contributed by atoms with Gasteiger partial charge in [0.15, 0.2) is 0 Å². The average Bonchev–Trinajstić information content (AvgIpc) is 2.69. The molecule has 7 nitrogen and oxygen atoms in total. The minimum Gasteiger partial charge on any atom is -0.315 e. The molecule has 0 N–H and O–H groups in total. The number of amides is 2. The Bertz CT molecular complexity index is 1010. The van der Waals surface area contributed by atoms with E-state index in [-0.39, 0.29) is 17.4 Å². The molecule has 2 amide bonds. The lowest BCUT2D eigenvalue weighted by atomic mass is 10.1. The van der Waals surface area contributed by atoms with E-state index in [2.05, 4.69) is 4.98 Å². The van der Waals surface area contributed by atoms with Gasteiger partial charge in [-0.1, -0.05) is 48.5 Å². The summed E-state index contributed by atoms with van der Waals surface area (Å²) < 4.78 is 0. The summed E-state index contributed by atoms with van der Waals surface area (Å²) in [5.41, 5.74) is 1.90. The lowest BCUT2D eigenvalue weighted by Crippen LogP contribution is -2.44. The van der Waals surface area contributed by atoms with Crippen molar-refractivity contribution in [2.45, 2.75) is 13.1 Å². The molecule has 0 saturated heterocycles. The Balaban J connectivity index is 1.80. The molecule has 4 rings (SSSR count). The van der Waals surface area contributed by atoms with Crippen molar-refractivity contribution in [2.75, 3.05) is 4.90 Å². The smallest absolute Gasteiger partial charge is 0.315 e. The van der Waals surface area contributed by atoms with Crippen molar-refractivity contribution in [3.63, 3.8) is 0 Å². The van der Waals surface area contributed by atoms with Crippen molar-refractivity contribution in [1.82, 2.24) is 9.88 Å². The molecule has 2 heterocycles. The van der Waals surface area contributed by atoms with Gasteiger partial charge in [-0.25, -0.2) is 14.7 Å². The van der Waals surface area contributed by atoms with Crippen molar-refractivity contribution < 1.29 is 9.72 Å². The van der Waals surface area contributed by atoms with E-state index >= 15 is 0 Å². The molecule has 27 heavy (non-hydrogen) atoms. The molecule has 1 aromatic heterocycles. The van der Waals surface area contributed by atoms with Crippen LogP contribution < -0.4 is 4.90 Å². The second-order valence-electron chi connectivity index (χ2n) is 6.19. The Kier molecular flexibility index (Phi) is 4.25. The van der Waals surface area contributed by atoms with Gasteiger partial charge in [-0.15, -0.1) is 0 Å². The number of anilines is 2. The molecule has 134 valence electrons. The van der Waals surface area contributed by atoms with Gasteiger partial charge < -0.3 is 4.90 Å². The highest BCUT2D eigenvalue weighted by atomic mass is 16.6. The fourth-order valence-electron chi connectivity index (χ4n) is 3.21. The molecule has 0 bridgehead atoms. The number of urea groups is 1. The summed E-state index contributed by atoms with van der Waals surface area (Å²) in [6.45, 7) is 0.805. The molecule has 0 unspecified atom stereocenters. The molecule has 0 aliphatic carbocycles. The second-order valence-corrected chi connectivity index (χ2v) is 6.19. The van der Waals surface area contributed by atoms with Gasteiger partial charge in [0.25, 0.3) is 5.69 Å². The first-order chi connectivity index (χ1) is 13.1. The van der Waals surface area contributed by atoms with E-state index in [1.807, 2.05) is 36.4 Å². The SMILES string of the molecule is O=C1N(Cc2ccccc2)Cc2cccnc2N1c1ccccc1[N+](=O)[O-]. The number of nitrogens with zero attached hydrogens (tertiary/aromatic N) is 4. The molecule has 0 atom stereocenters. The summed E-state index contributed by atoms with van der Waals surface area (Å²) in [5, 5.41) is 11.5. The number of pyridine rings is 1. The molecule has 7 heteroatoms. The predicted octanol–water partition coefficient (Wildman–Crippen LogP) is 4.26. The maximum atomic E-state index is 13.3. The van der Waals surface area contributed by atoms with Gasteiger partial charge in [-0.05, 0) is 17.7 Å². The van der Waals surface area contributed by atoms with Crippen molar-refractivity contribution in [3.8, 4) is 0 Å².